The highest BCUT2D eigenvalue weighted by Crippen LogP contribution is 2.26. The molecule has 96 valence electrons. The van der Waals surface area contributed by atoms with Crippen LogP contribution in [0.3, 0.4) is 0 Å². The van der Waals surface area contributed by atoms with Crippen molar-refractivity contribution in [2.75, 3.05) is 6.54 Å². The van der Waals surface area contributed by atoms with E-state index in [-0.39, 0.29) is 23.9 Å². The molecule has 0 aromatic heterocycles. The van der Waals surface area contributed by atoms with E-state index in [0.717, 1.165) is 32.2 Å². The van der Waals surface area contributed by atoms with E-state index in [1.165, 1.54) is 12.8 Å². The monoisotopic (exact) mass is 238 g/mol. The van der Waals surface area contributed by atoms with E-state index in [0.29, 0.717) is 6.42 Å². The minimum atomic E-state index is -0.268. The summed E-state index contributed by atoms with van der Waals surface area (Å²) in [4.78, 5) is 25.7. The molecule has 0 aromatic rings. The Hall–Kier alpha value is -0.900. The molecule has 1 saturated carbocycles. The first-order chi connectivity index (χ1) is 8.24. The first kappa shape index (κ1) is 12.6. The number of nitrogens with zero attached hydrogens (tertiary/aromatic N) is 1. The number of hydrogen-bond donors (Lipinski definition) is 1. The molecule has 1 unspecified atom stereocenters. The molecule has 1 saturated heterocycles. The van der Waals surface area contributed by atoms with Crippen molar-refractivity contribution < 1.29 is 9.59 Å². The highest BCUT2D eigenvalue weighted by atomic mass is 16.2. The number of rotatable bonds is 3. The molecule has 1 heterocycles. The first-order valence-corrected chi connectivity index (χ1v) is 6.83. The summed E-state index contributed by atoms with van der Waals surface area (Å²) in [5.41, 5.74) is 0. The maximum Gasteiger partial charge on any atom is 0.247 e. The van der Waals surface area contributed by atoms with E-state index in [1.54, 1.807) is 4.90 Å². The molecule has 1 aliphatic carbocycles. The van der Waals surface area contributed by atoms with Crippen LogP contribution in [0.15, 0.2) is 0 Å². The molecule has 0 radical (unpaired) electrons. The molecule has 0 bridgehead atoms. The number of likely N-dealkylation sites (tertiary alicyclic amines) is 1. The Bertz CT molecular complexity index is 296. The van der Waals surface area contributed by atoms with Crippen molar-refractivity contribution >= 4 is 11.8 Å². The minimum Gasteiger partial charge on any atom is -0.306 e. The molecule has 0 spiro atoms. The molecular formula is C13H22N2O2. The van der Waals surface area contributed by atoms with Gasteiger partial charge in [-0.05, 0) is 19.4 Å². The van der Waals surface area contributed by atoms with E-state index < -0.39 is 0 Å². The summed E-state index contributed by atoms with van der Waals surface area (Å²) in [5.74, 6) is 0.0246. The fraction of sp³-hybridized carbons (Fsp3) is 0.846. The Kier molecular flexibility index (Phi) is 4.15. The highest BCUT2D eigenvalue weighted by molar-refractivity contribution is 6.05. The van der Waals surface area contributed by atoms with Crippen LogP contribution in [0.5, 0.6) is 0 Å². The van der Waals surface area contributed by atoms with Gasteiger partial charge in [0.1, 0.15) is 0 Å². The largest absolute Gasteiger partial charge is 0.306 e. The van der Waals surface area contributed by atoms with Gasteiger partial charge in [0, 0.05) is 6.04 Å². The van der Waals surface area contributed by atoms with Gasteiger partial charge in [0.25, 0.3) is 0 Å². The molecule has 2 aliphatic rings. The second-order valence-electron chi connectivity index (χ2n) is 5.06. The van der Waals surface area contributed by atoms with Gasteiger partial charge in [0.15, 0.2) is 0 Å². The average Bonchev–Trinajstić information content (AvgIpc) is 2.52. The van der Waals surface area contributed by atoms with Gasteiger partial charge in [0.05, 0.1) is 12.5 Å². The summed E-state index contributed by atoms with van der Waals surface area (Å²) in [7, 11) is 0. The topological polar surface area (TPSA) is 49.4 Å². The third-order valence-corrected chi connectivity index (χ3v) is 3.82. The van der Waals surface area contributed by atoms with Crippen LogP contribution in [0.4, 0.5) is 0 Å². The van der Waals surface area contributed by atoms with Crippen LogP contribution < -0.4 is 5.32 Å². The summed E-state index contributed by atoms with van der Waals surface area (Å²) in [6, 6.07) is -0.100. The van der Waals surface area contributed by atoms with Gasteiger partial charge in [-0.3, -0.25) is 14.5 Å². The fourth-order valence-electron chi connectivity index (χ4n) is 2.96. The SMILES string of the molecule is CCNC1CC(=O)N(C2CCCCCC2)C1=O. The van der Waals surface area contributed by atoms with Gasteiger partial charge in [-0.1, -0.05) is 32.6 Å². The van der Waals surface area contributed by atoms with E-state index in [1.807, 2.05) is 6.92 Å². The van der Waals surface area contributed by atoms with Crippen molar-refractivity contribution in [3.05, 3.63) is 0 Å². The van der Waals surface area contributed by atoms with Crippen molar-refractivity contribution in [2.45, 2.75) is 64.0 Å². The maximum absolute atomic E-state index is 12.2. The molecule has 17 heavy (non-hydrogen) atoms. The Morgan fingerprint density at radius 1 is 1.18 bits per heavy atom. The van der Waals surface area contributed by atoms with Gasteiger partial charge >= 0.3 is 0 Å². The van der Waals surface area contributed by atoms with E-state index in [9.17, 15) is 9.59 Å². The second kappa shape index (κ2) is 5.63. The van der Waals surface area contributed by atoms with Crippen LogP contribution >= 0.6 is 0 Å². The van der Waals surface area contributed by atoms with E-state index >= 15 is 0 Å². The van der Waals surface area contributed by atoms with Crippen LogP contribution in [0.25, 0.3) is 0 Å². The smallest absolute Gasteiger partial charge is 0.247 e. The number of hydrogen-bond acceptors (Lipinski definition) is 3. The first-order valence-electron chi connectivity index (χ1n) is 6.83. The second-order valence-corrected chi connectivity index (χ2v) is 5.06. The molecule has 1 aliphatic heterocycles. The summed E-state index contributed by atoms with van der Waals surface area (Å²) in [5, 5.41) is 3.10. The van der Waals surface area contributed by atoms with Gasteiger partial charge in [-0.15, -0.1) is 0 Å². The molecule has 1 N–H and O–H groups in total. The average molecular weight is 238 g/mol. The predicted molar refractivity (Wildman–Crippen MR) is 65.4 cm³/mol. The van der Waals surface area contributed by atoms with Crippen molar-refractivity contribution in [1.82, 2.24) is 10.2 Å². The molecule has 0 aromatic carbocycles. The molecule has 2 rings (SSSR count). The lowest BCUT2D eigenvalue weighted by Crippen LogP contribution is -2.43. The third-order valence-electron chi connectivity index (χ3n) is 3.82. The van der Waals surface area contributed by atoms with Crippen molar-refractivity contribution in [2.24, 2.45) is 0 Å². The highest BCUT2D eigenvalue weighted by Gasteiger charge is 2.41. The van der Waals surface area contributed by atoms with E-state index in [4.69, 9.17) is 0 Å². The van der Waals surface area contributed by atoms with Crippen LogP contribution in [0.2, 0.25) is 0 Å². The lowest BCUT2D eigenvalue weighted by Gasteiger charge is -2.25. The minimum absolute atomic E-state index is 0.00347. The van der Waals surface area contributed by atoms with Crippen LogP contribution in [-0.2, 0) is 9.59 Å². The van der Waals surface area contributed by atoms with Crippen LogP contribution in [0.1, 0.15) is 51.9 Å². The number of imide groups is 1. The number of likely N-dealkylation sites (N-methyl/N-ethyl adjacent to an activating group) is 1. The predicted octanol–water partition coefficient (Wildman–Crippen LogP) is 1.45. The Morgan fingerprint density at radius 2 is 1.82 bits per heavy atom. The van der Waals surface area contributed by atoms with Gasteiger partial charge in [-0.2, -0.15) is 0 Å². The summed E-state index contributed by atoms with van der Waals surface area (Å²) < 4.78 is 0. The van der Waals surface area contributed by atoms with Crippen molar-refractivity contribution in [3.8, 4) is 0 Å². The van der Waals surface area contributed by atoms with Gasteiger partial charge in [-0.25, -0.2) is 0 Å². The van der Waals surface area contributed by atoms with Gasteiger partial charge in [0.2, 0.25) is 11.8 Å². The number of carbonyl (C=O) groups is 2. The number of carbonyl (C=O) groups excluding carboxylic acids is 2. The molecule has 1 atom stereocenters. The zero-order valence-electron chi connectivity index (χ0n) is 10.6. The summed E-state index contributed by atoms with van der Waals surface area (Å²) in [6.07, 6.45) is 7.11. The summed E-state index contributed by atoms with van der Waals surface area (Å²) >= 11 is 0. The molecule has 2 amide bonds. The standard InChI is InChI=1S/C13H22N2O2/c1-2-14-11-9-12(16)15(13(11)17)10-7-5-3-4-6-8-10/h10-11,14H,2-9H2,1H3. The Balaban J connectivity index is 2.03. The zero-order chi connectivity index (χ0) is 12.3. The lowest BCUT2D eigenvalue weighted by atomic mass is 10.1. The molecule has 4 nitrogen and oxygen atoms in total. The molecule has 2 fully saturated rings. The summed E-state index contributed by atoms with van der Waals surface area (Å²) in [6.45, 7) is 2.70. The lowest BCUT2D eigenvalue weighted by molar-refractivity contribution is -0.141. The molecular weight excluding hydrogens is 216 g/mol. The quantitative estimate of drug-likeness (QED) is 0.598. The van der Waals surface area contributed by atoms with Crippen LogP contribution in [-0.4, -0.2) is 35.3 Å². The number of amides is 2. The maximum atomic E-state index is 12.2. The normalized spacial score (nSPS) is 27.6. The third kappa shape index (κ3) is 2.68. The van der Waals surface area contributed by atoms with Crippen molar-refractivity contribution in [1.29, 1.82) is 0 Å². The Morgan fingerprint density at radius 3 is 2.41 bits per heavy atom. The van der Waals surface area contributed by atoms with E-state index in [2.05, 4.69) is 5.32 Å². The van der Waals surface area contributed by atoms with Gasteiger partial charge < -0.3 is 5.32 Å². The zero-order valence-corrected chi connectivity index (χ0v) is 10.6. The molecule has 4 heteroatoms. The number of nitrogens with one attached hydrogen (secondary N) is 1. The fourth-order valence-corrected chi connectivity index (χ4v) is 2.96. The van der Waals surface area contributed by atoms with Crippen molar-refractivity contribution in [3.63, 3.8) is 0 Å². The van der Waals surface area contributed by atoms with Crippen LogP contribution in [0, 0.1) is 0 Å². The Labute approximate surface area is 103 Å².